The van der Waals surface area contributed by atoms with Crippen LogP contribution in [0.25, 0.3) is 33.3 Å². The van der Waals surface area contributed by atoms with E-state index in [1.807, 2.05) is 29.2 Å². The number of fused-ring (bicyclic) bond motifs is 1. The Balaban J connectivity index is 1.19. The Morgan fingerprint density at radius 2 is 1.73 bits per heavy atom. The van der Waals surface area contributed by atoms with Crippen LogP contribution in [-0.2, 0) is 6.54 Å². The number of nitrogens with zero attached hydrogens (tertiary/aromatic N) is 5. The molecule has 1 aliphatic rings. The van der Waals surface area contributed by atoms with Crippen molar-refractivity contribution in [3.05, 3.63) is 90.5 Å². The number of amides is 1. The predicted molar refractivity (Wildman–Crippen MR) is 144 cm³/mol. The van der Waals surface area contributed by atoms with Crippen LogP contribution in [0.2, 0.25) is 0 Å². The normalized spacial score (nSPS) is 15.3. The Hall–Kier alpha value is -4.64. The first-order chi connectivity index (χ1) is 19.3. The lowest BCUT2D eigenvalue weighted by Gasteiger charge is -2.31. The van der Waals surface area contributed by atoms with E-state index in [4.69, 9.17) is 0 Å². The molecule has 0 spiro atoms. The second kappa shape index (κ2) is 10.5. The maximum absolute atomic E-state index is 13.5. The maximum Gasteiger partial charge on any atom is 0.276 e. The number of piperidine rings is 1. The van der Waals surface area contributed by atoms with E-state index < -0.39 is 17.6 Å². The molecule has 1 aliphatic heterocycles. The fourth-order valence-corrected chi connectivity index (χ4v) is 4.78. The van der Waals surface area contributed by atoms with Gasteiger partial charge in [-0.25, -0.2) is 13.2 Å². The fourth-order valence-electron chi connectivity index (χ4n) is 4.78. The first kappa shape index (κ1) is 25.6. The molecule has 0 unspecified atom stereocenters. The van der Waals surface area contributed by atoms with Crippen LogP contribution in [0, 0.1) is 5.82 Å². The standard InChI is InChI=1S/C29H24F3N7O/c30-22-10-21(14-34-15-22)25-4-2-23(16-35-25)36-28(40)27-24-11-19(1-3-26(24)37-38-27)20-9-18(12-33-13-20)17-39-7-5-29(31,32)6-8-39/h1-4,9-16H,5-8,17H2,(H,36,40)(H,37,38). The lowest BCUT2D eigenvalue weighted by Crippen LogP contribution is -2.38. The number of anilines is 1. The van der Waals surface area contributed by atoms with Crippen molar-refractivity contribution in [2.75, 3.05) is 18.4 Å². The molecule has 202 valence electrons. The number of carbonyl (C=O) groups is 1. The summed E-state index contributed by atoms with van der Waals surface area (Å²) in [5, 5.41) is 10.5. The Morgan fingerprint density at radius 1 is 0.925 bits per heavy atom. The predicted octanol–water partition coefficient (Wildman–Crippen LogP) is 5.70. The molecule has 5 heterocycles. The molecule has 1 saturated heterocycles. The number of pyridine rings is 3. The number of alkyl halides is 2. The number of hydrogen-bond acceptors (Lipinski definition) is 6. The van der Waals surface area contributed by atoms with Gasteiger partial charge in [-0.1, -0.05) is 6.07 Å². The zero-order valence-corrected chi connectivity index (χ0v) is 21.2. The minimum atomic E-state index is -2.58. The summed E-state index contributed by atoms with van der Waals surface area (Å²) in [7, 11) is 0. The van der Waals surface area contributed by atoms with Crippen LogP contribution >= 0.6 is 0 Å². The SMILES string of the molecule is O=C(Nc1ccc(-c2cncc(F)c2)nc1)c1n[nH]c2ccc(-c3cncc(CN4CCC(F)(F)CC4)c3)cc12. The molecule has 0 saturated carbocycles. The van der Waals surface area contributed by atoms with Crippen LogP contribution in [0.4, 0.5) is 18.9 Å². The van der Waals surface area contributed by atoms with Crippen molar-refractivity contribution < 1.29 is 18.0 Å². The van der Waals surface area contributed by atoms with Crippen molar-refractivity contribution in [3.63, 3.8) is 0 Å². The van der Waals surface area contributed by atoms with E-state index in [1.165, 1.54) is 18.5 Å². The van der Waals surface area contributed by atoms with Crippen LogP contribution in [-0.4, -0.2) is 55.0 Å². The molecule has 5 aromatic rings. The Bertz CT molecular complexity index is 1680. The quantitative estimate of drug-likeness (QED) is 0.285. The van der Waals surface area contributed by atoms with Crippen molar-refractivity contribution in [2.45, 2.75) is 25.3 Å². The van der Waals surface area contributed by atoms with Gasteiger partial charge in [0, 0.05) is 67.6 Å². The van der Waals surface area contributed by atoms with E-state index in [2.05, 4.69) is 30.5 Å². The van der Waals surface area contributed by atoms with Gasteiger partial charge < -0.3 is 5.32 Å². The highest BCUT2D eigenvalue weighted by atomic mass is 19.3. The molecule has 8 nitrogen and oxygen atoms in total. The highest BCUT2D eigenvalue weighted by molar-refractivity contribution is 6.11. The topological polar surface area (TPSA) is 99.7 Å². The molecular formula is C29H24F3N7O. The van der Waals surface area contributed by atoms with E-state index in [0.717, 1.165) is 22.9 Å². The van der Waals surface area contributed by atoms with Gasteiger partial charge in [-0.3, -0.25) is 29.7 Å². The minimum Gasteiger partial charge on any atom is -0.319 e. The monoisotopic (exact) mass is 543 g/mol. The van der Waals surface area contributed by atoms with E-state index in [-0.39, 0.29) is 18.5 Å². The van der Waals surface area contributed by atoms with Crippen molar-refractivity contribution in [3.8, 4) is 22.4 Å². The van der Waals surface area contributed by atoms with Gasteiger partial charge in [0.25, 0.3) is 11.8 Å². The Labute approximate surface area is 227 Å². The third-order valence-electron chi connectivity index (χ3n) is 6.92. The van der Waals surface area contributed by atoms with Crippen molar-refractivity contribution >= 4 is 22.5 Å². The number of halogens is 3. The van der Waals surface area contributed by atoms with Gasteiger partial charge in [0.15, 0.2) is 5.69 Å². The van der Waals surface area contributed by atoms with Crippen LogP contribution in [0.15, 0.2) is 73.4 Å². The molecule has 6 rings (SSSR count). The van der Waals surface area contributed by atoms with Crippen LogP contribution < -0.4 is 5.32 Å². The van der Waals surface area contributed by atoms with Crippen LogP contribution in [0.5, 0.6) is 0 Å². The van der Waals surface area contributed by atoms with Gasteiger partial charge in [0.2, 0.25) is 0 Å². The summed E-state index contributed by atoms with van der Waals surface area (Å²) in [4.78, 5) is 27.6. The van der Waals surface area contributed by atoms with E-state index in [9.17, 15) is 18.0 Å². The zero-order chi connectivity index (χ0) is 27.7. The number of nitrogens with one attached hydrogen (secondary N) is 2. The molecule has 0 atom stereocenters. The van der Waals surface area contributed by atoms with Crippen LogP contribution in [0.1, 0.15) is 28.9 Å². The number of benzene rings is 1. The van der Waals surface area contributed by atoms with E-state index in [1.54, 1.807) is 24.5 Å². The summed E-state index contributed by atoms with van der Waals surface area (Å²) in [6.45, 7) is 1.23. The molecule has 0 radical (unpaired) electrons. The number of hydrogen-bond donors (Lipinski definition) is 2. The molecule has 0 aliphatic carbocycles. The summed E-state index contributed by atoms with van der Waals surface area (Å²) in [5.41, 5.74) is 5.04. The number of H-pyrrole nitrogens is 1. The summed E-state index contributed by atoms with van der Waals surface area (Å²) in [6, 6.07) is 12.3. The Morgan fingerprint density at radius 3 is 2.50 bits per heavy atom. The molecule has 4 aromatic heterocycles. The van der Waals surface area contributed by atoms with Crippen molar-refractivity contribution in [2.24, 2.45) is 0 Å². The Kier molecular flexibility index (Phi) is 6.72. The number of aromatic nitrogens is 5. The molecular weight excluding hydrogens is 519 g/mol. The zero-order valence-electron chi connectivity index (χ0n) is 21.2. The molecule has 40 heavy (non-hydrogen) atoms. The van der Waals surface area contributed by atoms with Gasteiger partial charge in [0.05, 0.1) is 29.3 Å². The van der Waals surface area contributed by atoms with Gasteiger partial charge in [-0.15, -0.1) is 0 Å². The molecule has 11 heteroatoms. The van der Waals surface area contributed by atoms with Gasteiger partial charge in [-0.05, 0) is 47.5 Å². The van der Waals surface area contributed by atoms with Crippen LogP contribution in [0.3, 0.4) is 0 Å². The second-order valence-electron chi connectivity index (χ2n) is 9.82. The third kappa shape index (κ3) is 5.55. The molecule has 1 amide bonds. The van der Waals surface area contributed by atoms with Gasteiger partial charge >= 0.3 is 0 Å². The largest absolute Gasteiger partial charge is 0.319 e. The lowest BCUT2D eigenvalue weighted by molar-refractivity contribution is -0.0566. The summed E-state index contributed by atoms with van der Waals surface area (Å²) in [6.07, 6.45) is 7.33. The highest BCUT2D eigenvalue weighted by Gasteiger charge is 2.33. The highest BCUT2D eigenvalue weighted by Crippen LogP contribution is 2.30. The average molecular weight is 544 g/mol. The molecule has 1 fully saturated rings. The maximum atomic E-state index is 13.5. The molecule has 2 N–H and O–H groups in total. The second-order valence-corrected chi connectivity index (χ2v) is 9.82. The summed E-state index contributed by atoms with van der Waals surface area (Å²) in [5.74, 6) is -3.46. The number of aromatic amines is 1. The van der Waals surface area contributed by atoms with Crippen molar-refractivity contribution in [1.82, 2.24) is 30.0 Å². The molecule has 1 aromatic carbocycles. The van der Waals surface area contributed by atoms with E-state index >= 15 is 0 Å². The first-order valence-corrected chi connectivity index (χ1v) is 12.7. The number of likely N-dealkylation sites (tertiary alicyclic amines) is 1. The van der Waals surface area contributed by atoms with E-state index in [0.29, 0.717) is 47.5 Å². The fraction of sp³-hybridized carbons (Fsp3) is 0.207. The lowest BCUT2D eigenvalue weighted by atomic mass is 10.0. The molecule has 0 bridgehead atoms. The smallest absolute Gasteiger partial charge is 0.276 e. The first-order valence-electron chi connectivity index (χ1n) is 12.7. The average Bonchev–Trinajstić information content (AvgIpc) is 3.38. The number of rotatable bonds is 6. The van der Waals surface area contributed by atoms with Gasteiger partial charge in [0.1, 0.15) is 5.82 Å². The van der Waals surface area contributed by atoms with Gasteiger partial charge in [-0.2, -0.15) is 5.10 Å². The third-order valence-corrected chi connectivity index (χ3v) is 6.92. The summed E-state index contributed by atoms with van der Waals surface area (Å²) >= 11 is 0. The van der Waals surface area contributed by atoms with Crippen molar-refractivity contribution in [1.29, 1.82) is 0 Å². The number of carbonyl (C=O) groups excluding carboxylic acids is 1. The summed E-state index contributed by atoms with van der Waals surface area (Å²) < 4.78 is 40.5. The minimum absolute atomic E-state index is 0.132.